The predicted octanol–water partition coefficient (Wildman–Crippen LogP) is 2.30. The van der Waals surface area contributed by atoms with Crippen LogP contribution in [0.25, 0.3) is 0 Å². The molecule has 7 heteroatoms. The number of hydrogen-bond donors (Lipinski definition) is 0. The van der Waals surface area contributed by atoms with Crippen molar-refractivity contribution in [1.82, 2.24) is 0 Å². The molecule has 0 radical (unpaired) electrons. The van der Waals surface area contributed by atoms with Crippen LogP contribution in [0.4, 0.5) is 17.3 Å². The van der Waals surface area contributed by atoms with Crippen LogP contribution in [0.1, 0.15) is 6.92 Å². The van der Waals surface area contributed by atoms with Crippen LogP contribution >= 0.6 is 0 Å². The average Bonchev–Trinajstić information content (AvgIpc) is 2.25. The summed E-state index contributed by atoms with van der Waals surface area (Å²) in [5.74, 6) is -1.22. The van der Waals surface area contributed by atoms with E-state index < -0.39 is 24.0 Å². The van der Waals surface area contributed by atoms with Crippen LogP contribution in [0, 0.1) is 5.82 Å². The van der Waals surface area contributed by atoms with E-state index in [-0.39, 0.29) is 13.2 Å². The molecule has 0 aromatic heterocycles. The van der Waals surface area contributed by atoms with E-state index in [4.69, 9.17) is 9.47 Å². The molecule has 0 N–H and O–H groups in total. The molecule has 0 unspecified atom stereocenters. The standard InChI is InChI=1S/C10H12BF4O2/c1-2-16-5-6-17-10-7-8(11(13,14)15)3-4-9(10)12/h3-4,7H,2,5-6H2,1H3/q-1. The molecule has 0 aliphatic rings. The Labute approximate surface area is 96.6 Å². The average molecular weight is 251 g/mol. The van der Waals surface area contributed by atoms with Gasteiger partial charge in [-0.3, -0.25) is 0 Å². The van der Waals surface area contributed by atoms with Gasteiger partial charge < -0.3 is 22.4 Å². The van der Waals surface area contributed by atoms with E-state index in [9.17, 15) is 17.3 Å². The Morgan fingerprint density at radius 2 is 1.88 bits per heavy atom. The van der Waals surface area contributed by atoms with Gasteiger partial charge in [0.1, 0.15) is 6.61 Å². The first-order valence-electron chi connectivity index (χ1n) is 5.15. The van der Waals surface area contributed by atoms with Crippen molar-refractivity contribution < 1.29 is 26.8 Å². The SMILES string of the molecule is CCOCCOc1cc([B-](F)(F)F)ccc1F. The topological polar surface area (TPSA) is 18.5 Å². The van der Waals surface area contributed by atoms with Gasteiger partial charge in [-0.1, -0.05) is 6.07 Å². The van der Waals surface area contributed by atoms with Crippen LogP contribution in [-0.4, -0.2) is 26.8 Å². The van der Waals surface area contributed by atoms with Gasteiger partial charge in [0.25, 0.3) is 0 Å². The summed E-state index contributed by atoms with van der Waals surface area (Å²) in [6, 6.07) is 2.12. The molecule has 0 spiro atoms. The highest BCUT2D eigenvalue weighted by molar-refractivity contribution is 6.73. The molecule has 0 aliphatic heterocycles. The highest BCUT2D eigenvalue weighted by Gasteiger charge is 2.26. The molecule has 0 saturated carbocycles. The second-order valence-corrected chi connectivity index (χ2v) is 3.31. The fraction of sp³-hybridized carbons (Fsp3) is 0.400. The van der Waals surface area contributed by atoms with Gasteiger partial charge in [0.05, 0.1) is 6.61 Å². The molecule has 96 valence electrons. The zero-order valence-corrected chi connectivity index (χ0v) is 9.26. The van der Waals surface area contributed by atoms with Crippen LogP contribution in [0.2, 0.25) is 0 Å². The Morgan fingerprint density at radius 3 is 2.47 bits per heavy atom. The minimum Gasteiger partial charge on any atom is -0.488 e. The van der Waals surface area contributed by atoms with Gasteiger partial charge in [-0.15, -0.1) is 5.46 Å². The maximum absolute atomic E-state index is 13.1. The van der Waals surface area contributed by atoms with Crippen molar-refractivity contribution in [3.05, 3.63) is 24.0 Å². The lowest BCUT2D eigenvalue weighted by Gasteiger charge is -2.16. The second-order valence-electron chi connectivity index (χ2n) is 3.31. The van der Waals surface area contributed by atoms with E-state index in [1.165, 1.54) is 0 Å². The molecule has 0 bridgehead atoms. The third kappa shape index (κ3) is 4.26. The number of rotatable bonds is 6. The molecule has 1 aromatic rings. The largest absolute Gasteiger partial charge is 0.509 e. The molecule has 1 rings (SSSR count). The highest BCUT2D eigenvalue weighted by Crippen LogP contribution is 2.18. The van der Waals surface area contributed by atoms with Gasteiger partial charge in [0.2, 0.25) is 0 Å². The van der Waals surface area contributed by atoms with Gasteiger partial charge in [-0.05, 0) is 19.1 Å². The van der Waals surface area contributed by atoms with Crippen molar-refractivity contribution in [2.45, 2.75) is 6.92 Å². The summed E-state index contributed by atoms with van der Waals surface area (Å²) in [5.41, 5.74) is -0.877. The maximum atomic E-state index is 13.1. The summed E-state index contributed by atoms with van der Waals surface area (Å²) in [6.45, 7) is -2.68. The summed E-state index contributed by atoms with van der Waals surface area (Å²) in [4.78, 5) is 0. The fourth-order valence-corrected chi connectivity index (χ4v) is 1.19. The van der Waals surface area contributed by atoms with Crippen molar-refractivity contribution in [1.29, 1.82) is 0 Å². The monoisotopic (exact) mass is 251 g/mol. The smallest absolute Gasteiger partial charge is 0.488 e. The summed E-state index contributed by atoms with van der Waals surface area (Å²) < 4.78 is 60.2. The first kappa shape index (κ1) is 13.8. The minimum absolute atomic E-state index is 0.0130. The van der Waals surface area contributed by atoms with Crippen molar-refractivity contribution >= 4 is 12.4 Å². The third-order valence-corrected chi connectivity index (χ3v) is 2.02. The van der Waals surface area contributed by atoms with Crippen LogP contribution in [0.5, 0.6) is 5.75 Å². The van der Waals surface area contributed by atoms with Crippen molar-refractivity contribution in [3.63, 3.8) is 0 Å². The van der Waals surface area contributed by atoms with Crippen LogP contribution in [-0.2, 0) is 4.74 Å². The minimum atomic E-state index is -5.14. The highest BCUT2D eigenvalue weighted by atomic mass is 19.4. The lowest BCUT2D eigenvalue weighted by Crippen LogP contribution is -2.34. The summed E-state index contributed by atoms with van der Waals surface area (Å²) >= 11 is 0. The van der Waals surface area contributed by atoms with E-state index in [0.717, 1.165) is 6.07 Å². The lowest BCUT2D eigenvalue weighted by molar-refractivity contribution is 0.108. The molecular formula is C10H12BF4O2-. The van der Waals surface area contributed by atoms with Gasteiger partial charge in [-0.2, -0.15) is 0 Å². The first-order valence-corrected chi connectivity index (χ1v) is 5.15. The molecular weight excluding hydrogens is 239 g/mol. The molecule has 0 aliphatic carbocycles. The van der Waals surface area contributed by atoms with Crippen LogP contribution in [0.3, 0.4) is 0 Å². The predicted molar refractivity (Wildman–Crippen MR) is 57.1 cm³/mol. The Hall–Kier alpha value is -1.24. The first-order chi connectivity index (χ1) is 7.95. The zero-order chi connectivity index (χ0) is 12.9. The lowest BCUT2D eigenvalue weighted by atomic mass is 9.80. The molecule has 1 aromatic carbocycles. The zero-order valence-electron chi connectivity index (χ0n) is 9.26. The Balaban J connectivity index is 2.70. The molecule has 0 heterocycles. The molecule has 0 fully saturated rings. The van der Waals surface area contributed by atoms with Gasteiger partial charge in [0.15, 0.2) is 11.6 Å². The number of halogens is 4. The van der Waals surface area contributed by atoms with Crippen LogP contribution < -0.4 is 10.2 Å². The Kier molecular flexibility index (Phi) is 4.80. The summed E-state index contributed by atoms with van der Waals surface area (Å²) in [7, 11) is 0. The maximum Gasteiger partial charge on any atom is 0.509 e. The molecule has 2 nitrogen and oxygen atoms in total. The quantitative estimate of drug-likeness (QED) is 0.438. The number of hydrogen-bond acceptors (Lipinski definition) is 2. The summed E-state index contributed by atoms with van der Waals surface area (Å²) in [6.07, 6.45) is 0. The Bertz CT molecular complexity index is 368. The Morgan fingerprint density at radius 1 is 1.18 bits per heavy atom. The van der Waals surface area contributed by atoms with Crippen molar-refractivity contribution in [2.75, 3.05) is 19.8 Å². The fourth-order valence-electron chi connectivity index (χ4n) is 1.19. The van der Waals surface area contributed by atoms with E-state index in [1.54, 1.807) is 6.92 Å². The summed E-state index contributed by atoms with van der Waals surface area (Å²) in [5, 5.41) is 0. The van der Waals surface area contributed by atoms with Gasteiger partial charge >= 0.3 is 6.98 Å². The normalized spacial score (nSPS) is 11.6. The molecule has 0 saturated heterocycles. The van der Waals surface area contributed by atoms with Crippen LogP contribution in [0.15, 0.2) is 18.2 Å². The molecule has 17 heavy (non-hydrogen) atoms. The second kappa shape index (κ2) is 5.91. The van der Waals surface area contributed by atoms with Crippen molar-refractivity contribution in [3.8, 4) is 5.75 Å². The van der Waals surface area contributed by atoms with E-state index >= 15 is 0 Å². The third-order valence-electron chi connectivity index (χ3n) is 2.02. The van der Waals surface area contributed by atoms with Crippen molar-refractivity contribution in [2.24, 2.45) is 0 Å². The van der Waals surface area contributed by atoms with E-state index in [2.05, 4.69) is 0 Å². The molecule has 0 amide bonds. The van der Waals surface area contributed by atoms with E-state index in [1.807, 2.05) is 0 Å². The molecule has 0 atom stereocenters. The number of benzene rings is 1. The van der Waals surface area contributed by atoms with Gasteiger partial charge in [-0.25, -0.2) is 4.39 Å². The van der Waals surface area contributed by atoms with E-state index in [0.29, 0.717) is 18.7 Å². The van der Waals surface area contributed by atoms with Gasteiger partial charge in [0, 0.05) is 6.61 Å². The number of ether oxygens (including phenoxy) is 2.